The molecule has 1 aliphatic heterocycles. The van der Waals surface area contributed by atoms with Crippen LogP contribution in [0.2, 0.25) is 0 Å². The molecule has 1 aromatic carbocycles. The molecule has 7 nitrogen and oxygen atoms in total. The number of nitrogens with one attached hydrogen (secondary N) is 1. The highest BCUT2D eigenvalue weighted by Gasteiger charge is 2.46. The Kier molecular flexibility index (Phi) is 4.91. The van der Waals surface area contributed by atoms with Gasteiger partial charge in [-0.25, -0.2) is 17.6 Å². The monoisotopic (exact) mass is 354 g/mol. The van der Waals surface area contributed by atoms with Gasteiger partial charge >= 0.3 is 5.97 Å². The summed E-state index contributed by atoms with van der Waals surface area (Å²) in [5, 5.41) is 8.84. The molecular weight excluding hydrogens is 339 g/mol. The Balaban J connectivity index is 2.13. The van der Waals surface area contributed by atoms with E-state index in [1.807, 2.05) is 0 Å². The van der Waals surface area contributed by atoms with E-state index in [9.17, 15) is 22.4 Å². The Morgan fingerprint density at radius 1 is 1.38 bits per heavy atom. The average molecular weight is 354 g/mol. The molecule has 1 unspecified atom stereocenters. The molecule has 1 aliphatic rings. The van der Waals surface area contributed by atoms with E-state index in [0.717, 1.165) is 4.90 Å². The summed E-state index contributed by atoms with van der Waals surface area (Å²) in [6, 6.07) is 5.02. The van der Waals surface area contributed by atoms with Crippen molar-refractivity contribution in [3.05, 3.63) is 29.8 Å². The molecule has 2 rings (SSSR count). The SMILES string of the molecule is C#CCNS(=O)(=O)c1ccc(C(=O)N2CCC(F)(C(=O)O)C2)cc1. The van der Waals surface area contributed by atoms with Gasteiger partial charge < -0.3 is 10.0 Å². The van der Waals surface area contributed by atoms with Gasteiger partial charge in [-0.05, 0) is 24.3 Å². The van der Waals surface area contributed by atoms with Crippen LogP contribution in [-0.2, 0) is 14.8 Å². The van der Waals surface area contributed by atoms with Crippen molar-refractivity contribution in [2.24, 2.45) is 0 Å². The van der Waals surface area contributed by atoms with Gasteiger partial charge in [0.1, 0.15) is 0 Å². The van der Waals surface area contributed by atoms with Crippen LogP contribution in [0.25, 0.3) is 0 Å². The molecule has 0 aliphatic carbocycles. The highest BCUT2D eigenvalue weighted by molar-refractivity contribution is 7.89. The van der Waals surface area contributed by atoms with Crippen molar-refractivity contribution in [3.63, 3.8) is 0 Å². The highest BCUT2D eigenvalue weighted by Crippen LogP contribution is 2.27. The molecule has 24 heavy (non-hydrogen) atoms. The van der Waals surface area contributed by atoms with Crippen LogP contribution in [0, 0.1) is 12.3 Å². The summed E-state index contributed by atoms with van der Waals surface area (Å²) in [6.45, 7) is -0.721. The van der Waals surface area contributed by atoms with E-state index in [1.54, 1.807) is 0 Å². The Hall–Kier alpha value is -2.44. The van der Waals surface area contributed by atoms with E-state index >= 15 is 0 Å². The Morgan fingerprint density at radius 2 is 2.00 bits per heavy atom. The molecule has 0 aromatic heterocycles. The van der Waals surface area contributed by atoms with Crippen LogP contribution in [0.15, 0.2) is 29.2 Å². The maximum atomic E-state index is 14.0. The zero-order valence-electron chi connectivity index (χ0n) is 12.5. The molecule has 0 saturated carbocycles. The van der Waals surface area contributed by atoms with Crippen LogP contribution in [0.5, 0.6) is 0 Å². The van der Waals surface area contributed by atoms with Crippen LogP contribution < -0.4 is 4.72 Å². The van der Waals surface area contributed by atoms with Gasteiger partial charge in [-0.15, -0.1) is 6.42 Å². The van der Waals surface area contributed by atoms with Crippen LogP contribution in [-0.4, -0.2) is 55.6 Å². The third kappa shape index (κ3) is 3.55. The van der Waals surface area contributed by atoms with E-state index < -0.39 is 34.1 Å². The standard InChI is InChI=1S/C15H15FN2O5S/c1-2-8-17-24(22,23)12-5-3-11(4-6-12)13(19)18-9-7-15(16,10-18)14(20)21/h1,3-6,17H,7-10H2,(H,20,21). The number of hydrogen-bond donors (Lipinski definition) is 2. The van der Waals surface area contributed by atoms with Crippen molar-refractivity contribution in [3.8, 4) is 12.3 Å². The van der Waals surface area contributed by atoms with Crippen LogP contribution in [0.3, 0.4) is 0 Å². The first kappa shape index (κ1) is 17.9. The normalized spacial score (nSPS) is 20.6. The van der Waals surface area contributed by atoms with Crippen molar-refractivity contribution in [1.29, 1.82) is 0 Å². The smallest absolute Gasteiger partial charge is 0.343 e. The Morgan fingerprint density at radius 3 is 2.50 bits per heavy atom. The number of sulfonamides is 1. The number of benzene rings is 1. The molecule has 1 heterocycles. The number of carboxylic acid groups (broad SMARTS) is 1. The lowest BCUT2D eigenvalue weighted by Crippen LogP contribution is -2.38. The van der Waals surface area contributed by atoms with Crippen molar-refractivity contribution >= 4 is 21.9 Å². The zero-order chi connectivity index (χ0) is 18.0. The fourth-order valence-electron chi connectivity index (χ4n) is 2.30. The number of nitrogens with zero attached hydrogens (tertiary/aromatic N) is 1. The topological polar surface area (TPSA) is 104 Å². The van der Waals surface area contributed by atoms with E-state index in [0.29, 0.717) is 0 Å². The molecule has 1 saturated heterocycles. The van der Waals surface area contributed by atoms with Gasteiger partial charge in [0.2, 0.25) is 15.7 Å². The van der Waals surface area contributed by atoms with Crippen molar-refractivity contribution in [1.82, 2.24) is 9.62 Å². The van der Waals surface area contributed by atoms with E-state index in [-0.39, 0.29) is 30.0 Å². The van der Waals surface area contributed by atoms with Gasteiger partial charge in [-0.2, -0.15) is 4.72 Å². The maximum Gasteiger partial charge on any atom is 0.343 e. The van der Waals surface area contributed by atoms with Gasteiger partial charge in [-0.1, -0.05) is 5.92 Å². The number of terminal acetylenes is 1. The van der Waals surface area contributed by atoms with Gasteiger partial charge in [0.15, 0.2) is 0 Å². The highest BCUT2D eigenvalue weighted by atomic mass is 32.2. The number of alkyl halides is 1. The number of aliphatic carboxylic acids is 1. The summed E-state index contributed by atoms with van der Waals surface area (Å²) in [5.41, 5.74) is -2.31. The average Bonchev–Trinajstić information content (AvgIpc) is 2.96. The molecule has 128 valence electrons. The minimum absolute atomic E-state index is 0.0224. The lowest BCUT2D eigenvalue weighted by molar-refractivity contribution is -0.149. The number of carboxylic acids is 1. The molecule has 0 bridgehead atoms. The molecule has 2 N–H and O–H groups in total. The summed E-state index contributed by atoms with van der Waals surface area (Å²) >= 11 is 0. The van der Waals surface area contributed by atoms with Crippen LogP contribution in [0.1, 0.15) is 16.8 Å². The van der Waals surface area contributed by atoms with Gasteiger partial charge in [0, 0.05) is 18.5 Å². The molecule has 0 spiro atoms. The number of hydrogen-bond acceptors (Lipinski definition) is 4. The first-order valence-corrected chi connectivity index (χ1v) is 8.43. The number of amides is 1. The van der Waals surface area contributed by atoms with Crippen molar-refractivity contribution < 1.29 is 27.5 Å². The lowest BCUT2D eigenvalue weighted by atomic mass is 10.1. The van der Waals surface area contributed by atoms with E-state index in [2.05, 4.69) is 10.6 Å². The summed E-state index contributed by atoms with van der Waals surface area (Å²) in [6.07, 6.45) is 4.71. The first-order chi connectivity index (χ1) is 11.2. The van der Waals surface area contributed by atoms with E-state index in [4.69, 9.17) is 11.5 Å². The molecule has 0 radical (unpaired) electrons. The predicted octanol–water partition coefficient (Wildman–Crippen LogP) is 0.237. The summed E-state index contributed by atoms with van der Waals surface area (Å²) in [5.74, 6) is -0.0148. The van der Waals surface area contributed by atoms with Gasteiger partial charge in [0.25, 0.3) is 5.91 Å². The third-order valence-electron chi connectivity index (χ3n) is 3.67. The Labute approximate surface area is 138 Å². The summed E-state index contributed by atoms with van der Waals surface area (Å²) in [4.78, 5) is 24.2. The first-order valence-electron chi connectivity index (χ1n) is 6.94. The second kappa shape index (κ2) is 6.59. The molecule has 1 amide bonds. The maximum absolute atomic E-state index is 14.0. The number of carbonyl (C=O) groups is 2. The third-order valence-corrected chi connectivity index (χ3v) is 5.08. The number of rotatable bonds is 5. The minimum atomic E-state index is -3.77. The van der Waals surface area contributed by atoms with Crippen molar-refractivity contribution in [2.75, 3.05) is 19.6 Å². The fraction of sp³-hybridized carbons (Fsp3) is 0.333. The van der Waals surface area contributed by atoms with Crippen LogP contribution in [0.4, 0.5) is 4.39 Å². The molecule has 1 atom stereocenters. The molecular formula is C15H15FN2O5S. The summed E-state index contributed by atoms with van der Waals surface area (Å²) in [7, 11) is -3.77. The molecule has 9 heteroatoms. The predicted molar refractivity (Wildman–Crippen MR) is 82.5 cm³/mol. The number of halogens is 1. The van der Waals surface area contributed by atoms with Gasteiger partial charge in [-0.3, -0.25) is 4.79 Å². The van der Waals surface area contributed by atoms with Crippen LogP contribution >= 0.6 is 0 Å². The minimum Gasteiger partial charge on any atom is -0.479 e. The molecule has 1 fully saturated rings. The van der Waals surface area contributed by atoms with E-state index in [1.165, 1.54) is 24.3 Å². The zero-order valence-corrected chi connectivity index (χ0v) is 13.3. The number of carbonyl (C=O) groups excluding carboxylic acids is 1. The lowest BCUT2D eigenvalue weighted by Gasteiger charge is -2.18. The molecule has 1 aromatic rings. The Bertz CT molecular complexity index is 800. The number of likely N-dealkylation sites (tertiary alicyclic amines) is 1. The largest absolute Gasteiger partial charge is 0.479 e. The fourth-order valence-corrected chi connectivity index (χ4v) is 3.23. The second-order valence-electron chi connectivity index (χ2n) is 5.30. The van der Waals surface area contributed by atoms with Gasteiger partial charge in [0.05, 0.1) is 18.0 Å². The second-order valence-corrected chi connectivity index (χ2v) is 7.07. The quantitative estimate of drug-likeness (QED) is 0.737. The summed E-state index contributed by atoms with van der Waals surface area (Å²) < 4.78 is 39.9. The van der Waals surface area contributed by atoms with Crippen molar-refractivity contribution in [2.45, 2.75) is 17.0 Å².